The van der Waals surface area contributed by atoms with Gasteiger partial charge in [-0.1, -0.05) is 13.8 Å². The number of methoxy groups -OCH3 is 1. The molecule has 0 bridgehead atoms. The van der Waals surface area contributed by atoms with E-state index in [1.165, 1.54) is 12.6 Å². The van der Waals surface area contributed by atoms with Gasteiger partial charge >= 0.3 is 5.97 Å². The second-order valence-corrected chi connectivity index (χ2v) is 5.10. The van der Waals surface area contributed by atoms with E-state index in [9.17, 15) is 19.5 Å². The average Bonchev–Trinajstić information content (AvgIpc) is 2.43. The molecule has 21 heavy (non-hydrogen) atoms. The van der Waals surface area contributed by atoms with Crippen molar-refractivity contribution >= 4 is 17.8 Å². The third kappa shape index (κ3) is 8.26. The van der Waals surface area contributed by atoms with Gasteiger partial charge in [0.2, 0.25) is 11.8 Å². The predicted molar refractivity (Wildman–Crippen MR) is 73.2 cm³/mol. The summed E-state index contributed by atoms with van der Waals surface area (Å²) < 4.78 is 4.60. The Hall–Kier alpha value is -1.67. The van der Waals surface area contributed by atoms with Gasteiger partial charge in [0.1, 0.15) is 6.04 Å². The van der Waals surface area contributed by atoms with Crippen molar-refractivity contribution < 1.29 is 29.4 Å². The quantitative estimate of drug-likeness (QED) is 0.264. The molecule has 2 amide bonds. The van der Waals surface area contributed by atoms with Crippen LogP contribution in [0.5, 0.6) is 0 Å². The Morgan fingerprint density at radius 2 is 1.81 bits per heavy atom. The van der Waals surface area contributed by atoms with Gasteiger partial charge in [0, 0.05) is 6.42 Å². The molecule has 0 saturated heterocycles. The van der Waals surface area contributed by atoms with Crippen LogP contribution in [0, 0.1) is 5.92 Å². The molecule has 0 rings (SSSR count). The Kier molecular flexibility index (Phi) is 9.31. The number of hydroxylamine groups is 1. The summed E-state index contributed by atoms with van der Waals surface area (Å²) in [6.07, 6.45) is -0.439. The minimum Gasteiger partial charge on any atom is -0.467 e. The Morgan fingerprint density at radius 3 is 2.29 bits per heavy atom. The van der Waals surface area contributed by atoms with Crippen molar-refractivity contribution in [1.29, 1.82) is 0 Å². The summed E-state index contributed by atoms with van der Waals surface area (Å²) in [4.78, 5) is 34.0. The molecule has 0 aromatic carbocycles. The zero-order valence-corrected chi connectivity index (χ0v) is 12.6. The van der Waals surface area contributed by atoms with Gasteiger partial charge < -0.3 is 15.2 Å². The highest BCUT2D eigenvalue weighted by atomic mass is 16.5. The maximum Gasteiger partial charge on any atom is 0.328 e. The van der Waals surface area contributed by atoms with Gasteiger partial charge in [-0.2, -0.15) is 0 Å². The number of esters is 1. The number of ether oxygens (including phenoxy) is 1. The first kappa shape index (κ1) is 19.3. The standard InChI is InChI=1S/C13H24N2O6/c1-8(2)12(13(19)21-3)14-11(18)7-9(16)5-4-6-10(17)15-20/h8-9,12,16,20H,4-7H2,1-3H3,(H,14,18)(H,15,17). The largest absolute Gasteiger partial charge is 0.467 e. The minimum atomic E-state index is -0.915. The number of aliphatic hydroxyl groups excluding tert-OH is 1. The van der Waals surface area contributed by atoms with Gasteiger partial charge in [-0.15, -0.1) is 0 Å². The normalized spacial score (nSPS) is 13.4. The van der Waals surface area contributed by atoms with Crippen LogP contribution in [0.1, 0.15) is 39.5 Å². The van der Waals surface area contributed by atoms with Crippen molar-refractivity contribution in [3.8, 4) is 0 Å². The molecule has 0 aromatic rings. The van der Waals surface area contributed by atoms with Crippen LogP contribution >= 0.6 is 0 Å². The van der Waals surface area contributed by atoms with E-state index in [1.54, 1.807) is 13.8 Å². The lowest BCUT2D eigenvalue weighted by Crippen LogP contribution is -2.45. The van der Waals surface area contributed by atoms with E-state index in [0.29, 0.717) is 6.42 Å². The van der Waals surface area contributed by atoms with E-state index < -0.39 is 29.9 Å². The van der Waals surface area contributed by atoms with Gasteiger partial charge in [0.15, 0.2) is 0 Å². The molecule has 0 heterocycles. The monoisotopic (exact) mass is 304 g/mol. The Balaban J connectivity index is 4.16. The molecule has 0 aliphatic rings. The van der Waals surface area contributed by atoms with Gasteiger partial charge in [-0.05, 0) is 18.8 Å². The lowest BCUT2D eigenvalue weighted by Gasteiger charge is -2.20. The van der Waals surface area contributed by atoms with Gasteiger partial charge in [-0.3, -0.25) is 14.8 Å². The molecular formula is C13H24N2O6. The van der Waals surface area contributed by atoms with Crippen LogP contribution in [0.15, 0.2) is 0 Å². The molecule has 0 saturated carbocycles. The molecule has 0 aliphatic carbocycles. The van der Waals surface area contributed by atoms with Crippen molar-refractivity contribution in [3.63, 3.8) is 0 Å². The summed E-state index contributed by atoms with van der Waals surface area (Å²) in [5.41, 5.74) is 1.49. The highest BCUT2D eigenvalue weighted by Crippen LogP contribution is 2.07. The molecule has 8 nitrogen and oxygen atoms in total. The second-order valence-electron chi connectivity index (χ2n) is 5.10. The first-order valence-corrected chi connectivity index (χ1v) is 6.80. The van der Waals surface area contributed by atoms with Crippen molar-refractivity contribution in [2.75, 3.05) is 7.11 Å². The molecule has 0 aromatic heterocycles. The number of carbonyl (C=O) groups is 3. The lowest BCUT2D eigenvalue weighted by atomic mass is 10.0. The summed E-state index contributed by atoms with van der Waals surface area (Å²) >= 11 is 0. The van der Waals surface area contributed by atoms with Gasteiger partial charge in [0.25, 0.3) is 0 Å². The molecule has 2 atom stereocenters. The minimum absolute atomic E-state index is 0.0615. The molecule has 0 radical (unpaired) electrons. The SMILES string of the molecule is COC(=O)C(NC(=O)CC(O)CCCC(=O)NO)C(C)C. The number of aliphatic hydroxyl groups is 1. The molecule has 8 heteroatoms. The van der Waals surface area contributed by atoms with E-state index in [1.807, 2.05) is 0 Å². The Morgan fingerprint density at radius 1 is 1.19 bits per heavy atom. The fourth-order valence-corrected chi connectivity index (χ4v) is 1.73. The molecule has 0 spiro atoms. The number of nitrogens with one attached hydrogen (secondary N) is 2. The molecular weight excluding hydrogens is 280 g/mol. The fourth-order valence-electron chi connectivity index (χ4n) is 1.73. The maximum atomic E-state index is 11.7. The molecule has 0 fully saturated rings. The molecule has 4 N–H and O–H groups in total. The number of rotatable bonds is 9. The third-order valence-corrected chi connectivity index (χ3v) is 2.93. The smallest absolute Gasteiger partial charge is 0.328 e. The fraction of sp³-hybridized carbons (Fsp3) is 0.769. The molecule has 122 valence electrons. The molecule has 2 unspecified atom stereocenters. The summed E-state index contributed by atoms with van der Waals surface area (Å²) in [7, 11) is 1.24. The van der Waals surface area contributed by atoms with Crippen LogP contribution in [-0.4, -0.2) is 47.4 Å². The van der Waals surface area contributed by atoms with E-state index in [4.69, 9.17) is 5.21 Å². The highest BCUT2D eigenvalue weighted by Gasteiger charge is 2.25. The topological polar surface area (TPSA) is 125 Å². The van der Waals surface area contributed by atoms with Gasteiger partial charge in [-0.25, -0.2) is 10.3 Å². The summed E-state index contributed by atoms with van der Waals surface area (Å²) in [6, 6.07) is -0.755. The number of hydrogen-bond acceptors (Lipinski definition) is 6. The van der Waals surface area contributed by atoms with Gasteiger partial charge in [0.05, 0.1) is 19.6 Å². The Labute approximate surface area is 123 Å². The highest BCUT2D eigenvalue weighted by molar-refractivity contribution is 5.84. The van der Waals surface area contributed by atoms with Crippen LogP contribution in [0.3, 0.4) is 0 Å². The van der Waals surface area contributed by atoms with E-state index in [-0.39, 0.29) is 25.2 Å². The number of amides is 2. The maximum absolute atomic E-state index is 11.7. The van der Waals surface area contributed by atoms with Crippen LogP contribution in [0.2, 0.25) is 0 Å². The Bertz CT molecular complexity index is 359. The van der Waals surface area contributed by atoms with Crippen LogP contribution in [0.4, 0.5) is 0 Å². The zero-order valence-electron chi connectivity index (χ0n) is 12.6. The number of hydrogen-bond donors (Lipinski definition) is 4. The van der Waals surface area contributed by atoms with Crippen LogP contribution in [-0.2, 0) is 19.1 Å². The number of carbonyl (C=O) groups excluding carboxylic acids is 3. The summed E-state index contributed by atoms with van der Waals surface area (Å²) in [5.74, 6) is -1.67. The zero-order chi connectivity index (χ0) is 16.4. The van der Waals surface area contributed by atoms with Crippen molar-refractivity contribution in [2.24, 2.45) is 5.92 Å². The third-order valence-electron chi connectivity index (χ3n) is 2.93. The van der Waals surface area contributed by atoms with E-state index in [0.717, 1.165) is 0 Å². The molecule has 0 aliphatic heterocycles. The first-order chi connectivity index (χ1) is 9.81. The average molecular weight is 304 g/mol. The van der Waals surface area contributed by atoms with Crippen molar-refractivity contribution in [3.05, 3.63) is 0 Å². The lowest BCUT2D eigenvalue weighted by molar-refractivity contribution is -0.146. The van der Waals surface area contributed by atoms with Crippen LogP contribution in [0.25, 0.3) is 0 Å². The van der Waals surface area contributed by atoms with Crippen molar-refractivity contribution in [1.82, 2.24) is 10.8 Å². The summed E-state index contributed by atoms with van der Waals surface area (Å²) in [6.45, 7) is 3.54. The second kappa shape index (κ2) is 10.1. The summed E-state index contributed by atoms with van der Waals surface area (Å²) in [5, 5.41) is 20.5. The van der Waals surface area contributed by atoms with Crippen LogP contribution < -0.4 is 10.8 Å². The van der Waals surface area contributed by atoms with Crippen molar-refractivity contribution in [2.45, 2.75) is 51.7 Å². The predicted octanol–water partition coefficient (Wildman–Crippen LogP) is -0.273. The van der Waals surface area contributed by atoms with E-state index in [2.05, 4.69) is 10.1 Å². The van der Waals surface area contributed by atoms with E-state index >= 15 is 0 Å². The first-order valence-electron chi connectivity index (χ1n) is 6.80.